The van der Waals surface area contributed by atoms with Gasteiger partial charge < -0.3 is 0 Å². The number of halogens is 2. The topological polar surface area (TPSA) is 0 Å². The molecule has 1 heterocycles. The molecule has 9 rings (SSSR count). The third-order valence-corrected chi connectivity index (χ3v) is 35.7. The van der Waals surface area contributed by atoms with Crippen molar-refractivity contribution in [3.8, 4) is 33.4 Å². The third-order valence-electron chi connectivity index (χ3n) is 12.5. The fraction of sp³-hybridized carbons (Fsp3) is 0.167. The van der Waals surface area contributed by atoms with Gasteiger partial charge in [0.05, 0.1) is 0 Å². The average Bonchev–Trinajstić information content (AvgIpc) is 3.79. The Morgan fingerprint density at radius 1 is 0.462 bits per heavy atom. The average molecular weight is 810 g/mol. The van der Waals surface area contributed by atoms with E-state index in [0.29, 0.717) is 0 Å². The van der Waals surface area contributed by atoms with E-state index in [-0.39, 0.29) is 7.25 Å². The summed E-state index contributed by atoms with van der Waals surface area (Å²) in [4.78, 5) is 0. The summed E-state index contributed by atoms with van der Waals surface area (Å²) in [6, 6.07) is 42.8. The summed E-state index contributed by atoms with van der Waals surface area (Å²) in [6.45, 7) is 13.5. The molecule has 2 unspecified atom stereocenters. The van der Waals surface area contributed by atoms with Crippen LogP contribution < -0.4 is 13.6 Å². The zero-order valence-corrected chi connectivity index (χ0v) is 36.1. The minimum atomic E-state index is -5.47. The van der Waals surface area contributed by atoms with E-state index in [0.717, 1.165) is 0 Å². The monoisotopic (exact) mass is 807 g/mol. The van der Waals surface area contributed by atoms with E-state index in [1.807, 2.05) is 0 Å². The number of hydrogen-bond donors (Lipinski definition) is 0. The molecule has 3 aliphatic rings. The summed E-state index contributed by atoms with van der Waals surface area (Å²) in [7, 11) is 17.3. The van der Waals surface area contributed by atoms with Crippen LogP contribution in [0.2, 0.25) is 0 Å². The van der Waals surface area contributed by atoms with Crippen LogP contribution in [0.15, 0.2) is 126 Å². The van der Waals surface area contributed by atoms with Gasteiger partial charge in [-0.2, -0.15) is 0 Å². The van der Waals surface area contributed by atoms with E-state index < -0.39 is 25.9 Å². The van der Waals surface area contributed by atoms with E-state index in [2.05, 4.69) is 169 Å². The molecular weight excluding hydrogens is 767 g/mol. The Hall–Kier alpha value is -3.52. The summed E-state index contributed by atoms with van der Waals surface area (Å²) >= 11 is -5.47. The van der Waals surface area contributed by atoms with Crippen molar-refractivity contribution in [3.63, 3.8) is 0 Å². The molecule has 0 spiro atoms. The number of fused-ring (bicyclic) bond motifs is 5. The molecule has 257 valence electrons. The van der Waals surface area contributed by atoms with Gasteiger partial charge in [0.15, 0.2) is 0 Å². The molecule has 0 bridgehead atoms. The fourth-order valence-electron chi connectivity index (χ4n) is 10.3. The number of allylic oxidation sites excluding steroid dienone is 2. The molecule has 4 heteroatoms. The van der Waals surface area contributed by atoms with Gasteiger partial charge in [-0.05, 0) is 0 Å². The van der Waals surface area contributed by atoms with Crippen LogP contribution in [0.1, 0.15) is 65.6 Å². The van der Waals surface area contributed by atoms with Crippen LogP contribution in [0.25, 0.3) is 45.5 Å². The van der Waals surface area contributed by atoms with Crippen LogP contribution in [0.4, 0.5) is 0 Å². The van der Waals surface area contributed by atoms with Gasteiger partial charge in [-0.1, -0.05) is 0 Å². The second-order valence-electron chi connectivity index (χ2n) is 15.6. The molecule has 0 amide bonds. The molecule has 6 aromatic carbocycles. The molecule has 2 atom stereocenters. The summed E-state index contributed by atoms with van der Waals surface area (Å²) < 4.78 is 1.10. The molecule has 0 aromatic heterocycles. The Morgan fingerprint density at radius 3 is 1.44 bits per heavy atom. The molecule has 0 nitrogen and oxygen atoms in total. The third kappa shape index (κ3) is 4.80. The molecule has 6 aromatic rings. The first-order chi connectivity index (χ1) is 25.0. The molecule has 0 radical (unpaired) electrons. The first-order valence-electron chi connectivity index (χ1n) is 18.5. The van der Waals surface area contributed by atoms with Crippen LogP contribution in [-0.2, 0) is 16.4 Å². The van der Waals surface area contributed by atoms with Crippen LogP contribution in [0.3, 0.4) is 0 Å². The van der Waals surface area contributed by atoms with E-state index in [4.69, 9.17) is 17.0 Å². The molecule has 0 N–H and O–H groups in total. The summed E-state index contributed by atoms with van der Waals surface area (Å²) in [5.41, 5.74) is 20.7. The van der Waals surface area contributed by atoms with Gasteiger partial charge in [0.2, 0.25) is 0 Å². The van der Waals surface area contributed by atoms with Gasteiger partial charge in [-0.15, -0.1) is 0 Å². The number of hydrogen-bond acceptors (Lipinski definition) is 0. The second kappa shape index (κ2) is 12.3. The molecule has 0 fully saturated rings. The molecule has 52 heavy (non-hydrogen) atoms. The van der Waals surface area contributed by atoms with E-state index in [1.165, 1.54) is 103 Å². The van der Waals surface area contributed by atoms with Crippen molar-refractivity contribution in [2.24, 2.45) is 0 Å². The molecular formula is C48H43Cl2SiZr. The molecule has 1 aliphatic heterocycles. The van der Waals surface area contributed by atoms with Gasteiger partial charge in [0.1, 0.15) is 0 Å². The normalized spacial score (nSPS) is 18.3. The van der Waals surface area contributed by atoms with Crippen molar-refractivity contribution in [1.82, 2.24) is 0 Å². The van der Waals surface area contributed by atoms with E-state index in [9.17, 15) is 0 Å². The fourth-order valence-corrected chi connectivity index (χ4v) is 39.1. The second-order valence-corrected chi connectivity index (χ2v) is 38.0. The minimum absolute atomic E-state index is 0.0881. The number of aryl methyl sites for hydroxylation is 4. The zero-order chi connectivity index (χ0) is 36.1. The van der Waals surface area contributed by atoms with Gasteiger partial charge in [-0.25, -0.2) is 0 Å². The predicted octanol–water partition coefficient (Wildman–Crippen LogP) is 11.3. The molecule has 2 aliphatic carbocycles. The van der Waals surface area contributed by atoms with Crippen LogP contribution in [0, 0.1) is 27.7 Å². The van der Waals surface area contributed by atoms with Crippen LogP contribution >= 0.6 is 17.0 Å². The maximum atomic E-state index is 9.06. The van der Waals surface area contributed by atoms with E-state index in [1.54, 1.807) is 0 Å². The van der Waals surface area contributed by atoms with Crippen molar-refractivity contribution in [1.29, 1.82) is 0 Å². The maximum absolute atomic E-state index is 9.06. The van der Waals surface area contributed by atoms with Crippen LogP contribution in [0.5, 0.6) is 0 Å². The number of rotatable bonds is 5. The Kier molecular flexibility index (Phi) is 8.08. The quantitative estimate of drug-likeness (QED) is 0.152. The van der Waals surface area contributed by atoms with E-state index >= 15 is 0 Å². The van der Waals surface area contributed by atoms with Gasteiger partial charge >= 0.3 is 322 Å². The Labute approximate surface area is 319 Å². The first kappa shape index (κ1) is 34.3. The van der Waals surface area contributed by atoms with Gasteiger partial charge in [0.25, 0.3) is 0 Å². The Bertz CT molecular complexity index is 2450. The van der Waals surface area contributed by atoms with Crippen LogP contribution in [-0.4, -0.2) is 9.52 Å². The summed E-state index contributed by atoms with van der Waals surface area (Å²) in [6.07, 6.45) is 4.87. The Morgan fingerprint density at radius 2 is 0.923 bits per heavy atom. The predicted molar refractivity (Wildman–Crippen MR) is 227 cm³/mol. The first-order valence-corrected chi connectivity index (χ1v) is 30.3. The Balaban J connectivity index is 1.36. The molecule has 0 saturated carbocycles. The summed E-state index contributed by atoms with van der Waals surface area (Å²) in [5, 5.41) is 2.95. The SMILES string of the molecule is CC1=Cc2c(ccc(C)c2-c2ccccc2C)[CH]1[Zr]([Cl])([Cl])([c]1cccc2c1[SiH2]c1ccccc1-2)[CH]1C(C)=Cc2c1ccc(C)c2-c1ccccc1C. The van der Waals surface area contributed by atoms with Crippen molar-refractivity contribution < 1.29 is 16.4 Å². The zero-order valence-electron chi connectivity index (χ0n) is 30.7. The standard InChI is InChI=1S/2C18H17.C12H9Si.2ClH.Zr/c2*1-12-10-15-9-8-14(3)18(17(15)11-12)16-7-5-4-6-13(16)2;1-3-7-11-9(5-1)10-6-2-4-8-12(10)13-11;;;/h2*4-11H,1-3H3;1-7H,13H2;2*1H;/q;;;;;+2/p-2. The van der Waals surface area contributed by atoms with Crippen molar-refractivity contribution >= 4 is 52.3 Å². The van der Waals surface area contributed by atoms with Gasteiger partial charge in [-0.3, -0.25) is 0 Å². The number of benzene rings is 6. The van der Waals surface area contributed by atoms with Crippen molar-refractivity contribution in [2.45, 2.75) is 48.8 Å². The van der Waals surface area contributed by atoms with Gasteiger partial charge in [0, 0.05) is 0 Å². The van der Waals surface area contributed by atoms with Crippen molar-refractivity contribution in [3.05, 3.63) is 171 Å². The molecule has 0 saturated heterocycles. The van der Waals surface area contributed by atoms with Crippen molar-refractivity contribution in [2.75, 3.05) is 0 Å². The summed E-state index contributed by atoms with van der Waals surface area (Å²) in [5.74, 6) is 0.